The van der Waals surface area contributed by atoms with Crippen LogP contribution in [0.5, 0.6) is 11.5 Å². The van der Waals surface area contributed by atoms with E-state index in [1.165, 1.54) is 5.56 Å². The average molecular weight is 359 g/mol. The second kappa shape index (κ2) is 9.12. The molecule has 0 radical (unpaired) electrons. The van der Waals surface area contributed by atoms with Gasteiger partial charge in [-0.2, -0.15) is 5.10 Å². The maximum absolute atomic E-state index is 5.78. The number of rotatable bonds is 7. The summed E-state index contributed by atoms with van der Waals surface area (Å²) >= 11 is 0. The van der Waals surface area contributed by atoms with Crippen molar-refractivity contribution in [2.45, 2.75) is 20.4 Å². The third-order valence-electron chi connectivity index (χ3n) is 4.41. The van der Waals surface area contributed by atoms with Gasteiger partial charge in [-0.15, -0.1) is 0 Å². The second-order valence-electron chi connectivity index (χ2n) is 6.12. The molecule has 2 aromatic rings. The Balaban J connectivity index is 1.83. The highest BCUT2D eigenvalue weighted by atomic mass is 16.5. The number of hydrogen-bond acceptors (Lipinski definition) is 4. The summed E-state index contributed by atoms with van der Waals surface area (Å²) in [6.45, 7) is 6.08. The monoisotopic (exact) mass is 359 g/mol. The molecule has 0 aliphatic rings. The number of aromatic nitrogens is 2. The summed E-state index contributed by atoms with van der Waals surface area (Å²) in [7, 11) is 7.39. The van der Waals surface area contributed by atoms with Crippen molar-refractivity contribution >= 4 is 5.96 Å². The molecule has 1 N–H and O–H groups in total. The molecule has 0 aliphatic carbocycles. The summed E-state index contributed by atoms with van der Waals surface area (Å²) in [4.78, 5) is 6.40. The zero-order valence-corrected chi connectivity index (χ0v) is 16.5. The van der Waals surface area contributed by atoms with E-state index in [-0.39, 0.29) is 0 Å². The van der Waals surface area contributed by atoms with Gasteiger partial charge in [-0.1, -0.05) is 0 Å². The summed E-state index contributed by atoms with van der Waals surface area (Å²) < 4.78 is 12.8. The van der Waals surface area contributed by atoms with Gasteiger partial charge in [0.15, 0.2) is 5.96 Å². The lowest BCUT2D eigenvalue weighted by molar-refractivity contribution is 0.281. The van der Waals surface area contributed by atoms with Gasteiger partial charge in [-0.05, 0) is 38.1 Å². The van der Waals surface area contributed by atoms with Crippen LogP contribution in [0.15, 0.2) is 29.3 Å². The Morgan fingerprint density at radius 2 is 1.88 bits per heavy atom. The third kappa shape index (κ3) is 4.91. The van der Waals surface area contributed by atoms with E-state index in [0.717, 1.165) is 35.4 Å². The van der Waals surface area contributed by atoms with Gasteiger partial charge >= 0.3 is 0 Å². The highest BCUT2D eigenvalue weighted by Crippen LogP contribution is 2.16. The molecule has 0 aliphatic heterocycles. The number of likely N-dealkylation sites (N-methyl/N-ethyl adjacent to an activating group) is 1. The lowest BCUT2D eigenvalue weighted by atomic mass is 10.2. The first-order valence-electron chi connectivity index (χ1n) is 8.64. The topological polar surface area (TPSA) is 63.9 Å². The summed E-state index contributed by atoms with van der Waals surface area (Å²) in [6.07, 6.45) is 0. The van der Waals surface area contributed by atoms with E-state index >= 15 is 0 Å². The molecule has 0 fully saturated rings. The Labute approximate surface area is 155 Å². The molecule has 0 unspecified atom stereocenters. The fourth-order valence-corrected chi connectivity index (χ4v) is 2.70. The van der Waals surface area contributed by atoms with Gasteiger partial charge in [-0.3, -0.25) is 9.67 Å². The molecule has 0 saturated carbocycles. The lowest BCUT2D eigenvalue weighted by Gasteiger charge is -2.22. The van der Waals surface area contributed by atoms with Crippen LogP contribution in [0, 0.1) is 13.8 Å². The van der Waals surface area contributed by atoms with Crippen molar-refractivity contribution in [1.29, 1.82) is 0 Å². The third-order valence-corrected chi connectivity index (χ3v) is 4.41. The normalized spacial score (nSPS) is 11.4. The van der Waals surface area contributed by atoms with Crippen molar-refractivity contribution in [3.63, 3.8) is 0 Å². The summed E-state index contributed by atoms with van der Waals surface area (Å²) in [5.41, 5.74) is 3.41. The largest absolute Gasteiger partial charge is 0.497 e. The SMILES string of the molecule is CN=C(NCc1c(C)nn(C)c1C)N(C)CCOc1ccc(OC)cc1. The molecule has 2 rings (SSSR count). The van der Waals surface area contributed by atoms with Crippen molar-refractivity contribution in [3.8, 4) is 11.5 Å². The van der Waals surface area contributed by atoms with Gasteiger partial charge in [0.2, 0.25) is 0 Å². The lowest BCUT2D eigenvalue weighted by Crippen LogP contribution is -2.40. The Kier molecular flexibility index (Phi) is 6.89. The maximum atomic E-state index is 5.78. The van der Waals surface area contributed by atoms with Crippen LogP contribution in [0.1, 0.15) is 17.0 Å². The molecule has 1 aromatic heterocycles. The number of hydrogen-bond donors (Lipinski definition) is 1. The smallest absolute Gasteiger partial charge is 0.193 e. The van der Waals surface area contributed by atoms with Gasteiger partial charge < -0.3 is 19.7 Å². The molecule has 26 heavy (non-hydrogen) atoms. The molecule has 7 heteroatoms. The number of aliphatic imine (C=N–C) groups is 1. The Bertz CT molecular complexity index is 737. The summed E-state index contributed by atoms with van der Waals surface area (Å²) in [5.74, 6) is 2.47. The van der Waals surface area contributed by atoms with E-state index in [1.54, 1.807) is 14.2 Å². The molecule has 0 atom stereocenters. The Hall–Kier alpha value is -2.70. The molecule has 142 valence electrons. The van der Waals surface area contributed by atoms with Crippen molar-refractivity contribution < 1.29 is 9.47 Å². The summed E-state index contributed by atoms with van der Waals surface area (Å²) in [6, 6.07) is 7.58. The molecule has 0 spiro atoms. The van der Waals surface area contributed by atoms with Crippen molar-refractivity contribution in [2.75, 3.05) is 34.4 Å². The first-order valence-corrected chi connectivity index (χ1v) is 8.64. The van der Waals surface area contributed by atoms with Gasteiger partial charge in [-0.25, -0.2) is 0 Å². The number of guanidine groups is 1. The van der Waals surface area contributed by atoms with Crippen molar-refractivity contribution in [3.05, 3.63) is 41.2 Å². The molecular weight excluding hydrogens is 330 g/mol. The van der Waals surface area contributed by atoms with Gasteiger partial charge in [0.1, 0.15) is 18.1 Å². The molecule has 1 heterocycles. The molecular formula is C19H29N5O2. The molecule has 7 nitrogen and oxygen atoms in total. The van der Waals surface area contributed by atoms with Gasteiger partial charge in [0, 0.05) is 38.9 Å². The van der Waals surface area contributed by atoms with E-state index in [4.69, 9.17) is 9.47 Å². The maximum Gasteiger partial charge on any atom is 0.193 e. The van der Waals surface area contributed by atoms with Crippen LogP contribution in [-0.4, -0.2) is 55.0 Å². The minimum absolute atomic E-state index is 0.564. The fraction of sp³-hybridized carbons (Fsp3) is 0.474. The first-order chi connectivity index (χ1) is 12.5. The van der Waals surface area contributed by atoms with Crippen LogP contribution in [0.2, 0.25) is 0 Å². The molecule has 1 aromatic carbocycles. The number of ether oxygens (including phenoxy) is 2. The predicted octanol–water partition coefficient (Wildman–Crippen LogP) is 2.13. The van der Waals surface area contributed by atoms with E-state index in [9.17, 15) is 0 Å². The van der Waals surface area contributed by atoms with E-state index < -0.39 is 0 Å². The van der Waals surface area contributed by atoms with Crippen molar-refractivity contribution in [1.82, 2.24) is 20.0 Å². The Morgan fingerprint density at radius 3 is 2.42 bits per heavy atom. The van der Waals surface area contributed by atoms with Crippen LogP contribution in [0.25, 0.3) is 0 Å². The highest BCUT2D eigenvalue weighted by molar-refractivity contribution is 5.79. The highest BCUT2D eigenvalue weighted by Gasteiger charge is 2.11. The van der Waals surface area contributed by atoms with Gasteiger partial charge in [0.25, 0.3) is 0 Å². The van der Waals surface area contributed by atoms with Crippen molar-refractivity contribution in [2.24, 2.45) is 12.0 Å². The van der Waals surface area contributed by atoms with Crippen LogP contribution in [0.4, 0.5) is 0 Å². The standard InChI is InChI=1S/C19H29N5O2/c1-14-18(15(2)24(5)22-14)13-21-19(20-3)23(4)11-12-26-17-9-7-16(25-6)8-10-17/h7-10H,11-13H2,1-6H3,(H,20,21). The number of aryl methyl sites for hydroxylation is 2. The number of methoxy groups -OCH3 is 1. The second-order valence-corrected chi connectivity index (χ2v) is 6.12. The molecule has 0 bridgehead atoms. The van der Waals surface area contributed by atoms with Crippen LogP contribution in [0.3, 0.4) is 0 Å². The van der Waals surface area contributed by atoms with E-state index in [1.807, 2.05) is 54.9 Å². The zero-order chi connectivity index (χ0) is 19.1. The average Bonchev–Trinajstić information content (AvgIpc) is 2.88. The quantitative estimate of drug-likeness (QED) is 0.606. The van der Waals surface area contributed by atoms with Crippen LogP contribution >= 0.6 is 0 Å². The number of nitrogens with one attached hydrogen (secondary N) is 1. The number of nitrogens with zero attached hydrogens (tertiary/aromatic N) is 4. The minimum atomic E-state index is 0.564. The van der Waals surface area contributed by atoms with E-state index in [0.29, 0.717) is 13.2 Å². The van der Waals surface area contributed by atoms with Crippen LogP contribution < -0.4 is 14.8 Å². The minimum Gasteiger partial charge on any atom is -0.497 e. The number of benzene rings is 1. The Morgan fingerprint density at radius 1 is 1.23 bits per heavy atom. The molecule has 0 amide bonds. The van der Waals surface area contributed by atoms with Gasteiger partial charge in [0.05, 0.1) is 19.3 Å². The van der Waals surface area contributed by atoms with Crippen LogP contribution in [-0.2, 0) is 13.6 Å². The first kappa shape index (κ1) is 19.6. The fourth-order valence-electron chi connectivity index (χ4n) is 2.70. The van der Waals surface area contributed by atoms with E-state index in [2.05, 4.69) is 22.3 Å². The zero-order valence-electron chi connectivity index (χ0n) is 16.5. The summed E-state index contributed by atoms with van der Waals surface area (Å²) in [5, 5.41) is 7.84. The molecule has 0 saturated heterocycles. The predicted molar refractivity (Wildman–Crippen MR) is 104 cm³/mol.